The van der Waals surface area contributed by atoms with E-state index in [0.29, 0.717) is 5.02 Å². The summed E-state index contributed by atoms with van der Waals surface area (Å²) in [4.78, 5) is 11.3. The topological polar surface area (TPSA) is 43.1 Å². The summed E-state index contributed by atoms with van der Waals surface area (Å²) in [5.41, 5.74) is 1.18. The number of hydrogen-bond donors (Lipinski definition) is 0. The molecule has 0 aromatic heterocycles. The normalized spacial score (nSPS) is 12.1. The molecule has 2 rings (SSSR count). The van der Waals surface area contributed by atoms with Crippen molar-refractivity contribution in [2.24, 2.45) is 0 Å². The molecule has 0 radical (unpaired) electrons. The fraction of sp³-hybridized carbons (Fsp3) is 0.143. The molecule has 0 saturated heterocycles. The number of rotatable bonds is 4. The van der Waals surface area contributed by atoms with Gasteiger partial charge in [-0.2, -0.15) is 0 Å². The largest absolute Gasteiger partial charge is 0.269 e. The Morgan fingerprint density at radius 1 is 1.11 bits per heavy atom. The molecule has 1 unspecified atom stereocenters. The van der Waals surface area contributed by atoms with Crippen LogP contribution < -0.4 is 0 Å². The molecule has 98 valence electrons. The summed E-state index contributed by atoms with van der Waals surface area (Å²) in [6, 6.07) is 14.3. The van der Waals surface area contributed by atoms with Crippen molar-refractivity contribution >= 4 is 29.1 Å². The van der Waals surface area contributed by atoms with Crippen LogP contribution in [0.5, 0.6) is 0 Å². The summed E-state index contributed by atoms with van der Waals surface area (Å²) < 4.78 is 0. The Hall–Kier alpha value is -1.52. The van der Waals surface area contributed by atoms with Crippen LogP contribution in [0.15, 0.2) is 53.4 Å². The van der Waals surface area contributed by atoms with Crippen LogP contribution in [0.2, 0.25) is 5.02 Å². The number of thioether (sulfide) groups is 1. The van der Waals surface area contributed by atoms with E-state index < -0.39 is 0 Å². The van der Waals surface area contributed by atoms with E-state index in [2.05, 4.69) is 6.92 Å². The van der Waals surface area contributed by atoms with Gasteiger partial charge in [-0.15, -0.1) is 11.8 Å². The molecular formula is C14H12ClNO2S. The van der Waals surface area contributed by atoms with Crippen molar-refractivity contribution < 1.29 is 4.92 Å². The lowest BCUT2D eigenvalue weighted by atomic mass is 10.1. The van der Waals surface area contributed by atoms with Gasteiger partial charge in [-0.05, 0) is 36.8 Å². The van der Waals surface area contributed by atoms with Crippen LogP contribution in [0.25, 0.3) is 0 Å². The maximum atomic E-state index is 10.6. The number of hydrogen-bond acceptors (Lipinski definition) is 3. The third-order valence-electron chi connectivity index (χ3n) is 2.70. The van der Waals surface area contributed by atoms with Crippen LogP contribution in [0.3, 0.4) is 0 Å². The Morgan fingerprint density at radius 2 is 1.68 bits per heavy atom. The van der Waals surface area contributed by atoms with Crippen molar-refractivity contribution in [1.29, 1.82) is 0 Å². The first-order valence-corrected chi connectivity index (χ1v) is 6.98. The zero-order chi connectivity index (χ0) is 13.8. The lowest BCUT2D eigenvalue weighted by molar-refractivity contribution is -0.384. The molecule has 3 nitrogen and oxygen atoms in total. The number of non-ortho nitro benzene ring substituents is 1. The first-order valence-electron chi connectivity index (χ1n) is 5.73. The molecule has 0 saturated carbocycles. The van der Waals surface area contributed by atoms with Gasteiger partial charge in [-0.25, -0.2) is 0 Å². The molecule has 2 aromatic carbocycles. The Labute approximate surface area is 120 Å². The van der Waals surface area contributed by atoms with E-state index in [1.54, 1.807) is 23.9 Å². The van der Waals surface area contributed by atoms with Gasteiger partial charge >= 0.3 is 0 Å². The summed E-state index contributed by atoms with van der Waals surface area (Å²) in [5, 5.41) is 11.5. The SMILES string of the molecule is CC(Sc1ccc(Cl)cc1)c1ccc([N+](=O)[O-])cc1. The molecule has 0 aliphatic carbocycles. The maximum Gasteiger partial charge on any atom is 0.269 e. The van der Waals surface area contributed by atoms with Crippen molar-refractivity contribution in [1.82, 2.24) is 0 Å². The number of nitro benzene ring substituents is 1. The third kappa shape index (κ3) is 3.72. The highest BCUT2D eigenvalue weighted by Gasteiger charge is 2.10. The van der Waals surface area contributed by atoms with E-state index >= 15 is 0 Å². The Bertz CT molecular complexity index is 569. The average Bonchev–Trinajstić information content (AvgIpc) is 2.41. The van der Waals surface area contributed by atoms with Crippen LogP contribution in [-0.2, 0) is 0 Å². The van der Waals surface area contributed by atoms with Crippen molar-refractivity contribution in [3.05, 3.63) is 69.2 Å². The van der Waals surface area contributed by atoms with Gasteiger partial charge in [0.15, 0.2) is 0 Å². The fourth-order valence-electron chi connectivity index (χ4n) is 1.65. The molecule has 19 heavy (non-hydrogen) atoms. The summed E-state index contributed by atoms with van der Waals surface area (Å²) in [6.45, 7) is 2.07. The first-order chi connectivity index (χ1) is 9.06. The van der Waals surface area contributed by atoms with Gasteiger partial charge in [-0.1, -0.05) is 23.7 Å². The molecule has 0 spiro atoms. The van der Waals surface area contributed by atoms with Crippen LogP contribution >= 0.6 is 23.4 Å². The van der Waals surface area contributed by atoms with Gasteiger partial charge in [0.25, 0.3) is 5.69 Å². The molecule has 0 aliphatic rings. The summed E-state index contributed by atoms with van der Waals surface area (Å²) in [5.74, 6) is 0. The van der Waals surface area contributed by atoms with Crippen molar-refractivity contribution in [3.8, 4) is 0 Å². The van der Waals surface area contributed by atoms with Crippen molar-refractivity contribution in [2.45, 2.75) is 17.1 Å². The molecule has 0 amide bonds. The van der Waals surface area contributed by atoms with Gasteiger partial charge in [0, 0.05) is 27.3 Å². The summed E-state index contributed by atoms with van der Waals surface area (Å²) >= 11 is 7.53. The molecular weight excluding hydrogens is 282 g/mol. The standard InChI is InChI=1S/C14H12ClNO2S/c1-10(19-14-8-4-12(15)5-9-14)11-2-6-13(7-3-11)16(17)18/h2-10H,1H3. The second-order valence-corrected chi connectivity index (χ2v) is 5.91. The second-order valence-electron chi connectivity index (χ2n) is 4.06. The molecule has 0 heterocycles. The minimum Gasteiger partial charge on any atom is -0.258 e. The predicted octanol–water partition coefficient (Wildman–Crippen LogP) is 5.10. The van der Waals surface area contributed by atoms with Crippen LogP contribution in [0, 0.1) is 10.1 Å². The van der Waals surface area contributed by atoms with Crippen LogP contribution in [0.1, 0.15) is 17.7 Å². The molecule has 2 aromatic rings. The number of halogens is 1. The first kappa shape index (κ1) is 13.9. The molecule has 0 aliphatic heterocycles. The Balaban J connectivity index is 2.09. The van der Waals surface area contributed by atoms with Crippen molar-refractivity contribution in [3.63, 3.8) is 0 Å². The Kier molecular flexibility index (Phi) is 4.45. The predicted molar refractivity (Wildman–Crippen MR) is 78.8 cm³/mol. The second kappa shape index (κ2) is 6.08. The van der Waals surface area contributed by atoms with E-state index in [1.165, 1.54) is 12.1 Å². The quantitative estimate of drug-likeness (QED) is 0.447. The van der Waals surface area contributed by atoms with Crippen molar-refractivity contribution in [2.75, 3.05) is 0 Å². The van der Waals surface area contributed by atoms with E-state index in [-0.39, 0.29) is 15.9 Å². The number of nitrogens with zero attached hydrogens (tertiary/aromatic N) is 1. The van der Waals surface area contributed by atoms with Gasteiger partial charge in [0.1, 0.15) is 0 Å². The van der Waals surface area contributed by atoms with Gasteiger partial charge in [-0.3, -0.25) is 10.1 Å². The molecule has 0 bridgehead atoms. The van der Waals surface area contributed by atoms with E-state index in [1.807, 2.05) is 24.3 Å². The maximum absolute atomic E-state index is 10.6. The zero-order valence-electron chi connectivity index (χ0n) is 10.2. The third-order valence-corrected chi connectivity index (χ3v) is 4.12. The monoisotopic (exact) mass is 293 g/mol. The van der Waals surface area contributed by atoms with Gasteiger partial charge in [0.05, 0.1) is 4.92 Å². The molecule has 5 heteroatoms. The smallest absolute Gasteiger partial charge is 0.258 e. The van der Waals surface area contributed by atoms with E-state index in [9.17, 15) is 10.1 Å². The van der Waals surface area contributed by atoms with E-state index in [0.717, 1.165) is 10.5 Å². The molecule has 1 atom stereocenters. The molecule has 0 fully saturated rings. The summed E-state index contributed by atoms with van der Waals surface area (Å²) in [6.07, 6.45) is 0. The lowest BCUT2D eigenvalue weighted by Crippen LogP contribution is -1.91. The molecule has 0 N–H and O–H groups in total. The number of nitro groups is 1. The van der Waals surface area contributed by atoms with E-state index in [4.69, 9.17) is 11.6 Å². The van der Waals surface area contributed by atoms with Crippen LogP contribution in [-0.4, -0.2) is 4.92 Å². The minimum atomic E-state index is -0.388. The fourth-order valence-corrected chi connectivity index (χ4v) is 2.77. The highest BCUT2D eigenvalue weighted by molar-refractivity contribution is 7.99. The van der Waals surface area contributed by atoms with Gasteiger partial charge in [0.2, 0.25) is 0 Å². The zero-order valence-corrected chi connectivity index (χ0v) is 11.8. The number of benzene rings is 2. The Morgan fingerprint density at radius 3 is 2.21 bits per heavy atom. The van der Waals surface area contributed by atoms with Crippen LogP contribution in [0.4, 0.5) is 5.69 Å². The highest BCUT2D eigenvalue weighted by atomic mass is 35.5. The summed E-state index contributed by atoms with van der Waals surface area (Å²) in [7, 11) is 0. The highest BCUT2D eigenvalue weighted by Crippen LogP contribution is 2.35. The minimum absolute atomic E-state index is 0.118. The lowest BCUT2D eigenvalue weighted by Gasteiger charge is -2.11. The van der Waals surface area contributed by atoms with Gasteiger partial charge < -0.3 is 0 Å². The average molecular weight is 294 g/mol.